The van der Waals surface area contributed by atoms with Gasteiger partial charge in [0.05, 0.1) is 0 Å². The Kier molecular flexibility index (Phi) is 9.72. The molecule has 34 heavy (non-hydrogen) atoms. The van der Waals surface area contributed by atoms with Gasteiger partial charge in [-0.2, -0.15) is 0 Å². The van der Waals surface area contributed by atoms with Crippen molar-refractivity contribution in [2.45, 2.75) is 51.6 Å². The van der Waals surface area contributed by atoms with Gasteiger partial charge in [0.2, 0.25) is 11.8 Å². The van der Waals surface area contributed by atoms with Crippen LogP contribution in [0.3, 0.4) is 0 Å². The van der Waals surface area contributed by atoms with Gasteiger partial charge in [0.15, 0.2) is 0 Å². The molecule has 4 nitrogen and oxygen atoms in total. The maximum atomic E-state index is 13.9. The second-order valence-electron chi connectivity index (χ2n) is 8.41. The van der Waals surface area contributed by atoms with E-state index in [0.717, 1.165) is 23.1 Å². The van der Waals surface area contributed by atoms with Crippen LogP contribution >= 0.6 is 11.6 Å². The average Bonchev–Trinajstić information content (AvgIpc) is 2.87. The molecule has 178 valence electrons. The van der Waals surface area contributed by atoms with Crippen LogP contribution in [0.15, 0.2) is 84.9 Å². The van der Waals surface area contributed by atoms with Gasteiger partial charge in [-0.3, -0.25) is 9.59 Å². The lowest BCUT2D eigenvalue weighted by Crippen LogP contribution is -2.49. The van der Waals surface area contributed by atoms with E-state index in [0.29, 0.717) is 18.0 Å². The Morgan fingerprint density at radius 1 is 0.853 bits per heavy atom. The van der Waals surface area contributed by atoms with Crippen molar-refractivity contribution < 1.29 is 9.59 Å². The van der Waals surface area contributed by atoms with Crippen molar-refractivity contribution in [2.75, 3.05) is 6.54 Å². The second-order valence-corrected chi connectivity index (χ2v) is 8.81. The van der Waals surface area contributed by atoms with Crippen LogP contribution in [-0.4, -0.2) is 29.3 Å². The minimum atomic E-state index is -0.567. The Morgan fingerprint density at radius 2 is 1.41 bits per heavy atom. The smallest absolute Gasteiger partial charge is 0.242 e. The van der Waals surface area contributed by atoms with Crippen LogP contribution < -0.4 is 5.32 Å². The summed E-state index contributed by atoms with van der Waals surface area (Å²) in [5.74, 6) is -0.309. The maximum absolute atomic E-state index is 13.9. The normalized spacial score (nSPS) is 11.8. The van der Waals surface area contributed by atoms with E-state index in [9.17, 15) is 9.59 Å². The molecule has 0 aliphatic heterocycles. The van der Waals surface area contributed by atoms with Gasteiger partial charge in [0.1, 0.15) is 6.04 Å². The standard InChI is InChI=1S/C29H33ClN2O2/c1-3-19-31-29(34)27(4-2)32(21-24-17-11-12-18-26(24)30)28(33)20-25(22-13-7-5-8-14-22)23-15-9-6-10-16-23/h5-18,25,27H,3-4,19-21H2,1-2H3,(H,31,34). The summed E-state index contributed by atoms with van der Waals surface area (Å²) in [5.41, 5.74) is 2.97. The SMILES string of the molecule is CCCNC(=O)C(CC)N(Cc1ccccc1Cl)C(=O)CC(c1ccccc1)c1ccccc1. The van der Waals surface area contributed by atoms with Gasteiger partial charge in [0, 0.05) is 30.5 Å². The van der Waals surface area contributed by atoms with Crippen molar-refractivity contribution in [1.82, 2.24) is 10.2 Å². The highest BCUT2D eigenvalue weighted by Gasteiger charge is 2.31. The minimum absolute atomic E-state index is 0.0730. The lowest BCUT2D eigenvalue weighted by Gasteiger charge is -2.32. The van der Waals surface area contributed by atoms with Gasteiger partial charge in [-0.1, -0.05) is 104 Å². The van der Waals surface area contributed by atoms with E-state index >= 15 is 0 Å². The number of amides is 2. The molecule has 0 aromatic heterocycles. The van der Waals surface area contributed by atoms with Crippen LogP contribution in [0.1, 0.15) is 55.7 Å². The molecule has 1 atom stereocenters. The van der Waals surface area contributed by atoms with Crippen LogP contribution in [0.4, 0.5) is 0 Å². The molecule has 1 N–H and O–H groups in total. The zero-order valence-corrected chi connectivity index (χ0v) is 20.7. The fourth-order valence-corrected chi connectivity index (χ4v) is 4.38. The van der Waals surface area contributed by atoms with Gasteiger partial charge in [-0.15, -0.1) is 0 Å². The highest BCUT2D eigenvalue weighted by molar-refractivity contribution is 6.31. The van der Waals surface area contributed by atoms with Gasteiger partial charge in [0.25, 0.3) is 0 Å². The molecular formula is C29H33ClN2O2. The lowest BCUT2D eigenvalue weighted by molar-refractivity contribution is -0.141. The fourth-order valence-electron chi connectivity index (χ4n) is 4.19. The zero-order chi connectivity index (χ0) is 24.3. The largest absolute Gasteiger partial charge is 0.354 e. The van der Waals surface area contributed by atoms with Crippen molar-refractivity contribution in [3.05, 3.63) is 107 Å². The van der Waals surface area contributed by atoms with E-state index in [-0.39, 0.29) is 30.7 Å². The molecule has 3 aromatic rings. The van der Waals surface area contributed by atoms with Crippen molar-refractivity contribution in [1.29, 1.82) is 0 Å². The first-order chi connectivity index (χ1) is 16.5. The molecule has 3 rings (SSSR count). The second kappa shape index (κ2) is 13.0. The van der Waals surface area contributed by atoms with Crippen molar-refractivity contribution in [3.63, 3.8) is 0 Å². The number of carbonyl (C=O) groups excluding carboxylic acids is 2. The first kappa shape index (κ1) is 25.5. The number of rotatable bonds is 11. The molecule has 0 heterocycles. The van der Waals surface area contributed by atoms with Crippen LogP contribution in [0.2, 0.25) is 5.02 Å². The maximum Gasteiger partial charge on any atom is 0.242 e. The number of benzene rings is 3. The molecule has 0 saturated heterocycles. The number of nitrogens with zero attached hydrogens (tertiary/aromatic N) is 1. The molecule has 0 fully saturated rings. The first-order valence-corrected chi connectivity index (χ1v) is 12.3. The predicted octanol–water partition coefficient (Wildman–Crippen LogP) is 6.20. The summed E-state index contributed by atoms with van der Waals surface area (Å²) in [6, 6.07) is 27.0. The minimum Gasteiger partial charge on any atom is -0.354 e. The topological polar surface area (TPSA) is 49.4 Å². The van der Waals surface area contributed by atoms with Crippen LogP contribution in [0.25, 0.3) is 0 Å². The third-order valence-electron chi connectivity index (χ3n) is 6.02. The predicted molar refractivity (Wildman–Crippen MR) is 139 cm³/mol. The summed E-state index contributed by atoms with van der Waals surface area (Å²) in [6.45, 7) is 4.82. The third kappa shape index (κ3) is 6.71. The monoisotopic (exact) mass is 476 g/mol. The number of hydrogen-bond donors (Lipinski definition) is 1. The van der Waals surface area contributed by atoms with Crippen LogP contribution in [-0.2, 0) is 16.1 Å². The van der Waals surface area contributed by atoms with Crippen molar-refractivity contribution in [3.8, 4) is 0 Å². The first-order valence-electron chi connectivity index (χ1n) is 12.0. The Labute approximate surface area is 207 Å². The fraction of sp³-hybridized carbons (Fsp3) is 0.310. The highest BCUT2D eigenvalue weighted by atomic mass is 35.5. The quantitative estimate of drug-likeness (QED) is 0.358. The lowest BCUT2D eigenvalue weighted by atomic mass is 9.88. The Morgan fingerprint density at radius 3 is 1.94 bits per heavy atom. The molecule has 2 amide bonds. The summed E-state index contributed by atoms with van der Waals surface area (Å²) in [6.07, 6.45) is 1.62. The molecule has 0 radical (unpaired) electrons. The van der Waals surface area contributed by atoms with Gasteiger partial charge in [-0.25, -0.2) is 0 Å². The van der Waals surface area contributed by atoms with E-state index in [1.165, 1.54) is 0 Å². The summed E-state index contributed by atoms with van der Waals surface area (Å²) in [5, 5.41) is 3.56. The summed E-state index contributed by atoms with van der Waals surface area (Å²) >= 11 is 6.44. The van der Waals surface area contributed by atoms with E-state index in [4.69, 9.17) is 11.6 Å². The van der Waals surface area contributed by atoms with Crippen molar-refractivity contribution in [2.24, 2.45) is 0 Å². The number of halogens is 1. The summed E-state index contributed by atoms with van der Waals surface area (Å²) < 4.78 is 0. The Hall–Kier alpha value is -3.11. The van der Waals surface area contributed by atoms with E-state index in [1.54, 1.807) is 4.90 Å². The van der Waals surface area contributed by atoms with E-state index in [2.05, 4.69) is 29.6 Å². The van der Waals surface area contributed by atoms with Gasteiger partial charge in [-0.05, 0) is 35.6 Å². The average molecular weight is 477 g/mol. The molecule has 0 spiro atoms. The van der Waals surface area contributed by atoms with Gasteiger partial charge >= 0.3 is 0 Å². The third-order valence-corrected chi connectivity index (χ3v) is 6.39. The molecule has 0 saturated carbocycles. The van der Waals surface area contributed by atoms with Crippen LogP contribution in [0.5, 0.6) is 0 Å². The van der Waals surface area contributed by atoms with E-state index < -0.39 is 6.04 Å². The number of nitrogens with one attached hydrogen (secondary N) is 1. The Balaban J connectivity index is 1.95. The Bertz CT molecular complexity index is 1020. The highest BCUT2D eigenvalue weighted by Crippen LogP contribution is 2.30. The molecule has 0 aliphatic carbocycles. The molecule has 3 aromatic carbocycles. The molecular weight excluding hydrogens is 444 g/mol. The molecule has 5 heteroatoms. The summed E-state index contributed by atoms with van der Waals surface area (Å²) in [7, 11) is 0. The molecule has 0 bridgehead atoms. The summed E-state index contributed by atoms with van der Waals surface area (Å²) in [4.78, 5) is 28.6. The number of carbonyl (C=O) groups is 2. The van der Waals surface area contributed by atoms with Crippen LogP contribution in [0, 0.1) is 0 Å². The molecule has 1 unspecified atom stereocenters. The van der Waals surface area contributed by atoms with E-state index in [1.807, 2.05) is 74.5 Å². The molecule has 0 aliphatic rings. The van der Waals surface area contributed by atoms with Gasteiger partial charge < -0.3 is 10.2 Å². The number of hydrogen-bond acceptors (Lipinski definition) is 2. The zero-order valence-electron chi connectivity index (χ0n) is 19.9. The van der Waals surface area contributed by atoms with Crippen molar-refractivity contribution >= 4 is 23.4 Å².